The number of fused-ring (bicyclic) bond motifs is 2. The molecule has 0 radical (unpaired) electrons. The molecule has 0 bridgehead atoms. The van der Waals surface area contributed by atoms with Crippen molar-refractivity contribution >= 4 is 39.7 Å². The van der Waals surface area contributed by atoms with E-state index in [-0.39, 0.29) is 5.56 Å². The molecule has 1 aliphatic heterocycles. The fraction of sp³-hybridized carbons (Fsp3) is 0.357. The summed E-state index contributed by atoms with van der Waals surface area (Å²) < 4.78 is 81.2. The van der Waals surface area contributed by atoms with E-state index in [1.807, 2.05) is 48.9 Å². The lowest BCUT2D eigenvalue weighted by Gasteiger charge is -2.38. The van der Waals surface area contributed by atoms with Crippen LogP contribution < -0.4 is 10.6 Å². The molecular weight excluding hydrogens is 582 g/mol. The van der Waals surface area contributed by atoms with Crippen LogP contribution in [0.25, 0.3) is 33.5 Å². The SMILES string of the molecule is CCn1c(-c2nc3cc(C(=O)N4C[C@H](NC(=O)C(F)(F)F)C[C@H](NC(=O)C(F)(F)F)C4)ccc3n2C)cc2ccccc21. The van der Waals surface area contributed by atoms with Gasteiger partial charge in [0, 0.05) is 55.2 Å². The summed E-state index contributed by atoms with van der Waals surface area (Å²) in [5.41, 5.74) is 3.07. The Morgan fingerprint density at radius 2 is 1.49 bits per heavy atom. The number of imidazole rings is 1. The minimum Gasteiger partial charge on any atom is -0.344 e. The van der Waals surface area contributed by atoms with E-state index in [9.17, 15) is 40.7 Å². The molecule has 43 heavy (non-hydrogen) atoms. The molecule has 2 aromatic carbocycles. The minimum atomic E-state index is -5.25. The normalized spacial score (nSPS) is 17.8. The van der Waals surface area contributed by atoms with Crippen LogP contribution in [0, 0.1) is 0 Å². The molecule has 15 heteroatoms. The number of piperidine rings is 1. The van der Waals surface area contributed by atoms with Crippen LogP contribution in [0.1, 0.15) is 23.7 Å². The van der Waals surface area contributed by atoms with Gasteiger partial charge in [-0.2, -0.15) is 26.3 Å². The molecule has 2 aromatic heterocycles. The van der Waals surface area contributed by atoms with Gasteiger partial charge in [-0.25, -0.2) is 4.98 Å². The zero-order valence-electron chi connectivity index (χ0n) is 22.9. The number of aromatic nitrogens is 3. The van der Waals surface area contributed by atoms with E-state index in [2.05, 4.69) is 4.57 Å². The highest BCUT2D eigenvalue weighted by Gasteiger charge is 2.44. The lowest BCUT2D eigenvalue weighted by Crippen LogP contribution is -2.60. The molecule has 0 aliphatic carbocycles. The molecule has 2 atom stereocenters. The molecule has 0 spiro atoms. The van der Waals surface area contributed by atoms with E-state index in [0.29, 0.717) is 23.4 Å². The number of amides is 3. The molecule has 1 aliphatic rings. The Morgan fingerprint density at radius 1 is 0.884 bits per heavy atom. The second kappa shape index (κ2) is 10.9. The number of halogens is 6. The van der Waals surface area contributed by atoms with Crippen LogP contribution in [0.5, 0.6) is 0 Å². The minimum absolute atomic E-state index is 0.0804. The molecule has 4 aromatic rings. The highest BCUT2D eigenvalue weighted by atomic mass is 19.4. The van der Waals surface area contributed by atoms with Crippen LogP contribution in [0.2, 0.25) is 0 Å². The number of rotatable bonds is 5. The average Bonchev–Trinajstić information content (AvgIpc) is 3.48. The van der Waals surface area contributed by atoms with Crippen LogP contribution in [0.3, 0.4) is 0 Å². The third kappa shape index (κ3) is 5.88. The van der Waals surface area contributed by atoms with Crippen molar-refractivity contribution in [2.45, 2.75) is 44.3 Å². The maximum absolute atomic E-state index is 13.5. The van der Waals surface area contributed by atoms with Gasteiger partial charge < -0.3 is 24.7 Å². The molecule has 0 unspecified atom stereocenters. The summed E-state index contributed by atoms with van der Waals surface area (Å²) in [6.45, 7) is 1.84. The zero-order chi connectivity index (χ0) is 31.3. The van der Waals surface area contributed by atoms with Crippen LogP contribution >= 0.6 is 0 Å². The van der Waals surface area contributed by atoms with Gasteiger partial charge in [0.1, 0.15) is 0 Å². The standard InChI is InChI=1S/C28H26F6N6O3/c1-3-40-20-7-5-4-6-15(20)11-22(40)23-37-19-10-16(8-9-21(19)38(23)2)24(41)39-13-17(35-25(42)27(29,30)31)12-18(14-39)36-26(43)28(32,33)34/h4-11,17-18H,3,12-14H2,1-2H3,(H,35,42)(H,36,43)/t17-,18+. The molecule has 9 nitrogen and oxygen atoms in total. The number of likely N-dealkylation sites (tertiary alicyclic amines) is 1. The Morgan fingerprint density at radius 3 is 2.07 bits per heavy atom. The summed E-state index contributed by atoms with van der Waals surface area (Å²) in [6, 6.07) is 11.7. The van der Waals surface area contributed by atoms with Gasteiger partial charge >= 0.3 is 24.2 Å². The number of nitrogens with zero attached hydrogens (tertiary/aromatic N) is 4. The van der Waals surface area contributed by atoms with Crippen LogP contribution in [0.15, 0.2) is 48.5 Å². The lowest BCUT2D eigenvalue weighted by atomic mass is 9.99. The molecule has 3 amide bonds. The number of hydrogen-bond donors (Lipinski definition) is 2. The Bertz CT molecular complexity index is 1690. The van der Waals surface area contributed by atoms with Gasteiger partial charge in [-0.3, -0.25) is 14.4 Å². The fourth-order valence-corrected chi connectivity index (χ4v) is 5.49. The number of hydrogen-bond acceptors (Lipinski definition) is 4. The maximum Gasteiger partial charge on any atom is 0.471 e. The number of alkyl halides is 6. The molecule has 3 heterocycles. The predicted octanol–water partition coefficient (Wildman–Crippen LogP) is 4.16. The van der Waals surface area contributed by atoms with Crippen molar-refractivity contribution < 1.29 is 40.7 Å². The van der Waals surface area contributed by atoms with Crippen molar-refractivity contribution in [3.05, 3.63) is 54.1 Å². The van der Waals surface area contributed by atoms with Gasteiger partial charge in [0.05, 0.1) is 16.7 Å². The average molecular weight is 609 g/mol. The van der Waals surface area contributed by atoms with Gasteiger partial charge in [0.15, 0.2) is 5.82 Å². The first-order valence-electron chi connectivity index (χ1n) is 13.3. The van der Waals surface area contributed by atoms with Crippen LogP contribution in [0.4, 0.5) is 26.3 Å². The third-order valence-corrected chi connectivity index (χ3v) is 7.41. The number of nitrogens with one attached hydrogen (secondary N) is 2. The number of benzene rings is 2. The maximum atomic E-state index is 13.5. The van der Waals surface area contributed by atoms with Crippen molar-refractivity contribution in [1.29, 1.82) is 0 Å². The van der Waals surface area contributed by atoms with E-state index >= 15 is 0 Å². The summed E-state index contributed by atoms with van der Waals surface area (Å²) in [5, 5.41) is 4.44. The second-order valence-electron chi connectivity index (χ2n) is 10.3. The Hall–Kier alpha value is -4.56. The lowest BCUT2D eigenvalue weighted by molar-refractivity contribution is -0.176. The Kier molecular flexibility index (Phi) is 7.60. The third-order valence-electron chi connectivity index (χ3n) is 7.41. The topological polar surface area (TPSA) is 101 Å². The molecule has 1 saturated heterocycles. The van der Waals surface area contributed by atoms with Crippen molar-refractivity contribution in [3.63, 3.8) is 0 Å². The fourth-order valence-electron chi connectivity index (χ4n) is 5.49. The second-order valence-corrected chi connectivity index (χ2v) is 10.3. The van der Waals surface area contributed by atoms with Crippen molar-refractivity contribution in [2.24, 2.45) is 7.05 Å². The molecule has 0 saturated carbocycles. The van der Waals surface area contributed by atoms with Crippen molar-refractivity contribution in [2.75, 3.05) is 13.1 Å². The van der Waals surface area contributed by atoms with E-state index in [0.717, 1.165) is 21.5 Å². The molecule has 5 rings (SSSR count). The van der Waals surface area contributed by atoms with E-state index in [1.54, 1.807) is 16.7 Å². The predicted molar refractivity (Wildman–Crippen MR) is 144 cm³/mol. The monoisotopic (exact) mass is 608 g/mol. The Labute approximate surface area is 240 Å². The van der Waals surface area contributed by atoms with Crippen LogP contribution in [-0.4, -0.2) is 74.3 Å². The van der Waals surface area contributed by atoms with E-state index < -0.39 is 61.7 Å². The summed E-state index contributed by atoms with van der Waals surface area (Å²) >= 11 is 0. The zero-order valence-corrected chi connectivity index (χ0v) is 22.9. The van der Waals surface area contributed by atoms with E-state index in [4.69, 9.17) is 4.98 Å². The number of carbonyl (C=O) groups is 3. The summed E-state index contributed by atoms with van der Waals surface area (Å²) in [4.78, 5) is 42.3. The molecule has 2 N–H and O–H groups in total. The van der Waals surface area contributed by atoms with Gasteiger partial charge in [-0.1, -0.05) is 18.2 Å². The first-order valence-corrected chi connectivity index (χ1v) is 13.3. The quantitative estimate of drug-likeness (QED) is 0.333. The van der Waals surface area contributed by atoms with Crippen LogP contribution in [-0.2, 0) is 23.2 Å². The van der Waals surface area contributed by atoms with Crippen molar-refractivity contribution in [3.8, 4) is 11.5 Å². The van der Waals surface area contributed by atoms with Crippen molar-refractivity contribution in [1.82, 2.24) is 29.7 Å². The molecule has 228 valence electrons. The molecular formula is C28H26F6N6O3. The number of aryl methyl sites for hydroxylation is 2. The smallest absolute Gasteiger partial charge is 0.344 e. The largest absolute Gasteiger partial charge is 0.471 e. The summed E-state index contributed by atoms with van der Waals surface area (Å²) in [6.07, 6.45) is -10.9. The first kappa shape index (κ1) is 29.9. The number of para-hydroxylation sites is 1. The Balaban J connectivity index is 1.45. The van der Waals surface area contributed by atoms with Gasteiger partial charge in [-0.15, -0.1) is 0 Å². The van der Waals surface area contributed by atoms with Gasteiger partial charge in [-0.05, 0) is 43.7 Å². The highest BCUT2D eigenvalue weighted by molar-refractivity contribution is 5.98. The van der Waals surface area contributed by atoms with Gasteiger partial charge in [0.2, 0.25) is 0 Å². The summed E-state index contributed by atoms with van der Waals surface area (Å²) in [5.74, 6) is -4.70. The number of carbonyl (C=O) groups excluding carboxylic acids is 3. The first-order chi connectivity index (χ1) is 20.2. The summed E-state index contributed by atoms with van der Waals surface area (Å²) in [7, 11) is 1.82. The molecule has 1 fully saturated rings. The highest BCUT2D eigenvalue weighted by Crippen LogP contribution is 2.30. The van der Waals surface area contributed by atoms with Gasteiger partial charge in [0.25, 0.3) is 5.91 Å². The van der Waals surface area contributed by atoms with E-state index in [1.165, 1.54) is 12.1 Å².